The summed E-state index contributed by atoms with van der Waals surface area (Å²) in [5, 5.41) is 8.87. The first-order valence-corrected chi connectivity index (χ1v) is 9.39. The van der Waals surface area contributed by atoms with Crippen LogP contribution in [-0.4, -0.2) is 60.8 Å². The molecule has 1 saturated carbocycles. The summed E-state index contributed by atoms with van der Waals surface area (Å²) in [6, 6.07) is 4.51. The van der Waals surface area contributed by atoms with E-state index < -0.39 is 21.8 Å². The Morgan fingerprint density at radius 3 is 2.36 bits per heavy atom. The molecule has 1 aromatic carbocycles. The van der Waals surface area contributed by atoms with Crippen LogP contribution in [-0.2, 0) is 19.6 Å². The van der Waals surface area contributed by atoms with Crippen LogP contribution in [0.25, 0.3) is 0 Å². The average molecular weight is 372 g/mol. The van der Waals surface area contributed by atoms with Gasteiger partial charge in [0.1, 0.15) is 12.4 Å². The minimum Gasteiger partial charge on any atom is -0.480 e. The predicted octanol–water partition coefficient (Wildman–Crippen LogP) is 1.30. The monoisotopic (exact) mass is 372 g/mol. The van der Waals surface area contributed by atoms with Gasteiger partial charge in [-0.3, -0.25) is 9.59 Å². The van der Waals surface area contributed by atoms with Crippen LogP contribution < -0.4 is 0 Å². The number of nitrogens with zero attached hydrogens (tertiary/aromatic N) is 2. The Bertz CT molecular complexity index is 731. The van der Waals surface area contributed by atoms with E-state index in [4.69, 9.17) is 5.11 Å². The van der Waals surface area contributed by atoms with Crippen LogP contribution in [0.2, 0.25) is 0 Å². The first-order chi connectivity index (χ1) is 11.7. The van der Waals surface area contributed by atoms with Crippen molar-refractivity contribution in [2.24, 2.45) is 0 Å². The summed E-state index contributed by atoms with van der Waals surface area (Å²) in [5.74, 6) is -1.86. The quantitative estimate of drug-likeness (QED) is 0.705. The molecule has 1 N–H and O–H groups in total. The lowest BCUT2D eigenvalue weighted by Gasteiger charge is -2.21. The second-order valence-electron chi connectivity index (χ2n) is 6.03. The number of carbonyl (C=O) groups excluding carboxylic acids is 1. The molecule has 0 unspecified atom stereocenters. The highest BCUT2D eigenvalue weighted by Gasteiger charge is 2.33. The Kier molecular flexibility index (Phi) is 6.12. The first kappa shape index (κ1) is 19.3. The number of halogens is 1. The van der Waals surface area contributed by atoms with Gasteiger partial charge in [-0.25, -0.2) is 17.1 Å². The Hall–Kier alpha value is -2.00. The third-order valence-electron chi connectivity index (χ3n) is 4.00. The maximum Gasteiger partial charge on any atom is 0.323 e. The number of benzene rings is 1. The number of amides is 1. The van der Waals surface area contributed by atoms with Crippen molar-refractivity contribution < 1.29 is 27.5 Å². The molecule has 0 aliphatic heterocycles. The molecule has 138 valence electrons. The fourth-order valence-corrected chi connectivity index (χ4v) is 3.67. The van der Waals surface area contributed by atoms with E-state index in [2.05, 4.69) is 0 Å². The third kappa shape index (κ3) is 5.23. The highest BCUT2D eigenvalue weighted by molar-refractivity contribution is 7.89. The Labute approximate surface area is 146 Å². The highest BCUT2D eigenvalue weighted by Crippen LogP contribution is 2.27. The second kappa shape index (κ2) is 7.92. The van der Waals surface area contributed by atoms with Crippen molar-refractivity contribution in [2.45, 2.75) is 36.6 Å². The molecule has 9 heteroatoms. The van der Waals surface area contributed by atoms with Crippen molar-refractivity contribution >= 4 is 21.9 Å². The summed E-state index contributed by atoms with van der Waals surface area (Å²) in [5.41, 5.74) is 0. The lowest BCUT2D eigenvalue weighted by atomic mass is 10.2. The molecule has 1 amide bonds. The van der Waals surface area contributed by atoms with Crippen LogP contribution in [0.3, 0.4) is 0 Å². The fraction of sp³-hybridized carbons (Fsp3) is 0.500. The molecule has 0 spiro atoms. The third-order valence-corrected chi connectivity index (χ3v) is 5.87. The van der Waals surface area contributed by atoms with E-state index in [0.29, 0.717) is 0 Å². The normalized spacial score (nSPS) is 14.5. The van der Waals surface area contributed by atoms with Crippen molar-refractivity contribution in [3.63, 3.8) is 0 Å². The molecule has 2 rings (SSSR count). The lowest BCUT2D eigenvalue weighted by Crippen LogP contribution is -2.38. The maximum atomic E-state index is 12.9. The van der Waals surface area contributed by atoms with Gasteiger partial charge in [0.05, 0.1) is 4.90 Å². The zero-order chi connectivity index (χ0) is 18.6. The summed E-state index contributed by atoms with van der Waals surface area (Å²) >= 11 is 0. The fourth-order valence-electron chi connectivity index (χ4n) is 2.46. The smallest absolute Gasteiger partial charge is 0.323 e. The van der Waals surface area contributed by atoms with Gasteiger partial charge < -0.3 is 10.0 Å². The molecule has 0 aromatic heterocycles. The molecule has 25 heavy (non-hydrogen) atoms. The minimum absolute atomic E-state index is 0.00993. The summed E-state index contributed by atoms with van der Waals surface area (Å²) in [7, 11) is -2.36. The Balaban J connectivity index is 1.88. The van der Waals surface area contributed by atoms with Crippen molar-refractivity contribution in [3.8, 4) is 0 Å². The van der Waals surface area contributed by atoms with E-state index in [-0.39, 0.29) is 42.8 Å². The highest BCUT2D eigenvalue weighted by atomic mass is 32.2. The van der Waals surface area contributed by atoms with Gasteiger partial charge in [-0.1, -0.05) is 0 Å². The van der Waals surface area contributed by atoms with Crippen LogP contribution in [0.1, 0.15) is 25.7 Å². The summed E-state index contributed by atoms with van der Waals surface area (Å²) < 4.78 is 38.7. The molecular formula is C16H21FN2O5S. The van der Waals surface area contributed by atoms with E-state index in [1.807, 2.05) is 0 Å². The molecule has 7 nitrogen and oxygen atoms in total. The molecule has 0 atom stereocenters. The molecule has 0 heterocycles. The first-order valence-electron chi connectivity index (χ1n) is 7.95. The second-order valence-corrected chi connectivity index (χ2v) is 8.08. The van der Waals surface area contributed by atoms with E-state index in [1.165, 1.54) is 24.1 Å². The van der Waals surface area contributed by atoms with Crippen molar-refractivity contribution in [1.29, 1.82) is 0 Å². The van der Waals surface area contributed by atoms with Gasteiger partial charge in [0, 0.05) is 26.1 Å². The largest absolute Gasteiger partial charge is 0.480 e. The number of hydrogen-bond acceptors (Lipinski definition) is 4. The molecule has 0 radical (unpaired) electrons. The van der Waals surface area contributed by atoms with Gasteiger partial charge in [0.15, 0.2) is 0 Å². The van der Waals surface area contributed by atoms with E-state index in [0.717, 1.165) is 29.3 Å². The standard InChI is InChI=1S/C16H21FN2O5S/c1-18(25(23,24)14-8-4-12(17)5-9-14)10-2-3-15(20)19(11-16(21)22)13-6-7-13/h4-5,8-9,13H,2-3,6-7,10-11H2,1H3,(H,21,22). The molecule has 1 aliphatic rings. The van der Waals surface area contributed by atoms with E-state index in [9.17, 15) is 22.4 Å². The van der Waals surface area contributed by atoms with Crippen molar-refractivity contribution in [1.82, 2.24) is 9.21 Å². The molecule has 1 aliphatic carbocycles. The van der Waals surface area contributed by atoms with Gasteiger partial charge >= 0.3 is 5.97 Å². The van der Waals surface area contributed by atoms with Crippen LogP contribution in [0.15, 0.2) is 29.2 Å². The van der Waals surface area contributed by atoms with Gasteiger partial charge in [0.2, 0.25) is 15.9 Å². The number of rotatable bonds is 9. The van der Waals surface area contributed by atoms with Crippen molar-refractivity contribution in [3.05, 3.63) is 30.1 Å². The number of hydrogen-bond donors (Lipinski definition) is 1. The maximum absolute atomic E-state index is 12.9. The molecule has 0 bridgehead atoms. The van der Waals surface area contributed by atoms with E-state index in [1.54, 1.807) is 0 Å². The topological polar surface area (TPSA) is 95.0 Å². The lowest BCUT2D eigenvalue weighted by molar-refractivity contribution is -0.145. The zero-order valence-corrected chi connectivity index (χ0v) is 14.7. The number of aliphatic carboxylic acids is 1. The summed E-state index contributed by atoms with van der Waals surface area (Å²) in [6.07, 6.45) is 1.96. The molecule has 0 saturated heterocycles. The van der Waals surface area contributed by atoms with Crippen molar-refractivity contribution in [2.75, 3.05) is 20.1 Å². The summed E-state index contributed by atoms with van der Waals surface area (Å²) in [6.45, 7) is -0.218. The van der Waals surface area contributed by atoms with Gasteiger partial charge in [-0.2, -0.15) is 0 Å². The van der Waals surface area contributed by atoms with Gasteiger partial charge in [0.25, 0.3) is 0 Å². The molecular weight excluding hydrogens is 351 g/mol. The van der Waals surface area contributed by atoms with Crippen LogP contribution in [0.4, 0.5) is 4.39 Å². The van der Waals surface area contributed by atoms with Gasteiger partial charge in [-0.05, 0) is 43.5 Å². The SMILES string of the molecule is CN(CCCC(=O)N(CC(=O)O)C1CC1)S(=O)(=O)c1ccc(F)cc1. The number of carboxylic acids is 1. The summed E-state index contributed by atoms with van der Waals surface area (Å²) in [4.78, 5) is 24.3. The minimum atomic E-state index is -3.75. The zero-order valence-electron chi connectivity index (χ0n) is 13.9. The Morgan fingerprint density at radius 1 is 1.24 bits per heavy atom. The number of sulfonamides is 1. The van der Waals surface area contributed by atoms with Crippen LogP contribution in [0, 0.1) is 5.82 Å². The average Bonchev–Trinajstić information content (AvgIpc) is 3.37. The molecule has 1 fully saturated rings. The Morgan fingerprint density at radius 2 is 1.84 bits per heavy atom. The predicted molar refractivity (Wildman–Crippen MR) is 87.8 cm³/mol. The number of carboxylic acid groups (broad SMARTS) is 1. The van der Waals surface area contributed by atoms with Gasteiger partial charge in [-0.15, -0.1) is 0 Å². The van der Waals surface area contributed by atoms with Crippen LogP contribution >= 0.6 is 0 Å². The molecule has 1 aromatic rings. The number of carbonyl (C=O) groups is 2. The van der Waals surface area contributed by atoms with Crippen LogP contribution in [0.5, 0.6) is 0 Å². The van der Waals surface area contributed by atoms with E-state index >= 15 is 0 Å².